The standard InChI is InChI=1S/C10H15N3O4S/c1-7(9-11-3-5-18-9)13-10(16)12-2-4-17-6-8(14)15/h3,5,7H,2,4,6H2,1H3,(H,14,15)(H2,12,13,16). The van der Waals surface area contributed by atoms with Crippen molar-refractivity contribution in [1.82, 2.24) is 15.6 Å². The Balaban J connectivity index is 2.12. The highest BCUT2D eigenvalue weighted by atomic mass is 32.1. The van der Waals surface area contributed by atoms with Crippen LogP contribution in [0.1, 0.15) is 18.0 Å². The summed E-state index contributed by atoms with van der Waals surface area (Å²) in [6, 6.07) is -0.499. The van der Waals surface area contributed by atoms with Crippen LogP contribution in [-0.2, 0) is 9.53 Å². The molecular weight excluding hydrogens is 258 g/mol. The molecule has 0 saturated heterocycles. The fraction of sp³-hybridized carbons (Fsp3) is 0.500. The Morgan fingerprint density at radius 2 is 2.39 bits per heavy atom. The number of carbonyl (C=O) groups is 2. The minimum Gasteiger partial charge on any atom is -0.480 e. The first kappa shape index (κ1) is 14.4. The summed E-state index contributed by atoms with van der Waals surface area (Å²) in [6.45, 7) is 1.88. The number of nitrogens with one attached hydrogen (secondary N) is 2. The van der Waals surface area contributed by atoms with E-state index >= 15 is 0 Å². The Kier molecular flexibility index (Phi) is 6.09. The van der Waals surface area contributed by atoms with Crippen molar-refractivity contribution < 1.29 is 19.4 Å². The van der Waals surface area contributed by atoms with E-state index in [9.17, 15) is 9.59 Å². The van der Waals surface area contributed by atoms with Crippen molar-refractivity contribution in [2.75, 3.05) is 19.8 Å². The van der Waals surface area contributed by atoms with Crippen molar-refractivity contribution in [2.24, 2.45) is 0 Å². The molecule has 0 radical (unpaired) electrons. The Bertz CT molecular complexity index is 382. The topological polar surface area (TPSA) is 101 Å². The van der Waals surface area contributed by atoms with Gasteiger partial charge in [-0.2, -0.15) is 0 Å². The van der Waals surface area contributed by atoms with Crippen LogP contribution in [0.15, 0.2) is 11.6 Å². The maximum Gasteiger partial charge on any atom is 0.329 e. The molecule has 0 aliphatic heterocycles. The SMILES string of the molecule is CC(NC(=O)NCCOCC(=O)O)c1nccs1. The molecule has 100 valence electrons. The number of aromatic nitrogens is 1. The number of urea groups is 1. The quantitative estimate of drug-likeness (QED) is 0.632. The molecule has 0 aromatic carbocycles. The molecule has 0 fully saturated rings. The summed E-state index contributed by atoms with van der Waals surface area (Å²) in [5.74, 6) is -1.03. The van der Waals surface area contributed by atoms with Gasteiger partial charge in [-0.3, -0.25) is 0 Å². The van der Waals surface area contributed by atoms with E-state index in [0.717, 1.165) is 5.01 Å². The molecule has 0 spiro atoms. The molecule has 1 unspecified atom stereocenters. The summed E-state index contributed by atoms with van der Waals surface area (Å²) in [7, 11) is 0. The second-order valence-electron chi connectivity index (χ2n) is 3.44. The van der Waals surface area contributed by atoms with Crippen LogP contribution < -0.4 is 10.6 Å². The third-order valence-electron chi connectivity index (χ3n) is 1.93. The van der Waals surface area contributed by atoms with Crippen molar-refractivity contribution in [3.05, 3.63) is 16.6 Å². The number of aliphatic carboxylic acids is 1. The highest BCUT2D eigenvalue weighted by Crippen LogP contribution is 2.13. The predicted octanol–water partition coefficient (Wildman–Crippen LogP) is 0.605. The predicted molar refractivity (Wildman–Crippen MR) is 65.5 cm³/mol. The molecule has 7 nitrogen and oxygen atoms in total. The molecule has 2 amide bonds. The largest absolute Gasteiger partial charge is 0.480 e. The Labute approximate surface area is 108 Å². The van der Waals surface area contributed by atoms with Crippen LogP contribution in [-0.4, -0.2) is 41.8 Å². The third-order valence-corrected chi connectivity index (χ3v) is 2.89. The number of hydrogen-bond donors (Lipinski definition) is 3. The van der Waals surface area contributed by atoms with Crippen LogP contribution >= 0.6 is 11.3 Å². The maximum absolute atomic E-state index is 11.4. The number of rotatable bonds is 7. The number of carboxylic acids is 1. The Morgan fingerprint density at radius 3 is 3.00 bits per heavy atom. The fourth-order valence-corrected chi connectivity index (χ4v) is 1.80. The van der Waals surface area contributed by atoms with Crippen LogP contribution in [0.25, 0.3) is 0 Å². The molecular formula is C10H15N3O4S. The fourth-order valence-electron chi connectivity index (χ4n) is 1.15. The van der Waals surface area contributed by atoms with E-state index in [0.29, 0.717) is 0 Å². The lowest BCUT2D eigenvalue weighted by molar-refractivity contribution is -0.142. The van der Waals surface area contributed by atoms with Crippen molar-refractivity contribution in [3.8, 4) is 0 Å². The van der Waals surface area contributed by atoms with Crippen molar-refractivity contribution >= 4 is 23.3 Å². The molecule has 1 aromatic rings. The van der Waals surface area contributed by atoms with Crippen LogP contribution in [0.4, 0.5) is 4.79 Å². The number of ether oxygens (including phenoxy) is 1. The first-order valence-corrected chi connectivity index (χ1v) is 6.21. The van der Waals surface area contributed by atoms with Crippen LogP contribution in [0, 0.1) is 0 Å². The first-order chi connectivity index (χ1) is 8.59. The molecule has 1 heterocycles. The summed E-state index contributed by atoms with van der Waals surface area (Å²) in [6.07, 6.45) is 1.68. The minimum absolute atomic E-state index is 0.158. The van der Waals surface area contributed by atoms with E-state index in [2.05, 4.69) is 15.6 Å². The molecule has 1 aromatic heterocycles. The summed E-state index contributed by atoms with van der Waals surface area (Å²) in [4.78, 5) is 25.7. The average molecular weight is 273 g/mol. The molecule has 8 heteroatoms. The van der Waals surface area contributed by atoms with Crippen LogP contribution in [0.3, 0.4) is 0 Å². The van der Waals surface area contributed by atoms with Gasteiger partial charge in [0, 0.05) is 18.1 Å². The number of amides is 2. The third kappa shape index (κ3) is 5.60. The van der Waals surface area contributed by atoms with Crippen LogP contribution in [0.2, 0.25) is 0 Å². The van der Waals surface area contributed by atoms with Gasteiger partial charge in [-0.25, -0.2) is 14.6 Å². The highest BCUT2D eigenvalue weighted by Gasteiger charge is 2.10. The van der Waals surface area contributed by atoms with Gasteiger partial charge in [0.05, 0.1) is 12.6 Å². The monoisotopic (exact) mass is 273 g/mol. The van der Waals surface area contributed by atoms with Crippen LogP contribution in [0.5, 0.6) is 0 Å². The van der Waals surface area contributed by atoms with Gasteiger partial charge >= 0.3 is 12.0 Å². The van der Waals surface area contributed by atoms with Gasteiger partial charge in [-0.1, -0.05) is 0 Å². The number of carboxylic acid groups (broad SMARTS) is 1. The molecule has 3 N–H and O–H groups in total. The van der Waals surface area contributed by atoms with Crippen molar-refractivity contribution in [2.45, 2.75) is 13.0 Å². The summed E-state index contributed by atoms with van der Waals surface area (Å²) in [5, 5.41) is 16.2. The van der Waals surface area contributed by atoms with Gasteiger partial charge < -0.3 is 20.5 Å². The van der Waals surface area contributed by atoms with Gasteiger partial charge in [0.2, 0.25) is 0 Å². The molecule has 1 atom stereocenters. The second kappa shape index (κ2) is 7.62. The lowest BCUT2D eigenvalue weighted by Crippen LogP contribution is -2.38. The van der Waals surface area contributed by atoms with Crippen molar-refractivity contribution in [3.63, 3.8) is 0 Å². The van der Waals surface area contributed by atoms with E-state index in [-0.39, 0.29) is 31.8 Å². The summed E-state index contributed by atoms with van der Waals surface area (Å²) < 4.78 is 4.77. The first-order valence-electron chi connectivity index (χ1n) is 5.33. The maximum atomic E-state index is 11.4. The van der Waals surface area contributed by atoms with Gasteiger partial charge in [0.15, 0.2) is 0 Å². The normalized spacial score (nSPS) is 11.8. The number of carbonyl (C=O) groups excluding carboxylic acids is 1. The van der Waals surface area contributed by atoms with Gasteiger partial charge in [-0.05, 0) is 6.92 Å². The highest BCUT2D eigenvalue weighted by molar-refractivity contribution is 7.09. The molecule has 0 saturated carbocycles. The molecule has 18 heavy (non-hydrogen) atoms. The van der Waals surface area contributed by atoms with Crippen molar-refractivity contribution in [1.29, 1.82) is 0 Å². The number of nitrogens with zero attached hydrogens (tertiary/aromatic N) is 1. The minimum atomic E-state index is -1.03. The molecule has 1 rings (SSSR count). The smallest absolute Gasteiger partial charge is 0.329 e. The average Bonchev–Trinajstić information content (AvgIpc) is 2.81. The number of hydrogen-bond acceptors (Lipinski definition) is 5. The molecule has 0 aliphatic carbocycles. The zero-order chi connectivity index (χ0) is 13.4. The zero-order valence-corrected chi connectivity index (χ0v) is 10.7. The lowest BCUT2D eigenvalue weighted by Gasteiger charge is -2.12. The number of thiazole rings is 1. The second-order valence-corrected chi connectivity index (χ2v) is 4.36. The Morgan fingerprint density at radius 1 is 1.61 bits per heavy atom. The summed E-state index contributed by atoms with van der Waals surface area (Å²) >= 11 is 1.46. The van der Waals surface area contributed by atoms with E-state index in [1.165, 1.54) is 11.3 Å². The lowest BCUT2D eigenvalue weighted by atomic mass is 10.4. The van der Waals surface area contributed by atoms with Gasteiger partial charge in [-0.15, -0.1) is 11.3 Å². The van der Waals surface area contributed by atoms with E-state index in [1.807, 2.05) is 12.3 Å². The summed E-state index contributed by atoms with van der Waals surface area (Å²) in [5.41, 5.74) is 0. The van der Waals surface area contributed by atoms with E-state index in [1.54, 1.807) is 6.20 Å². The Hall–Kier alpha value is -1.67. The van der Waals surface area contributed by atoms with Gasteiger partial charge in [0.1, 0.15) is 11.6 Å². The van der Waals surface area contributed by atoms with E-state index in [4.69, 9.17) is 9.84 Å². The molecule has 0 aliphatic rings. The van der Waals surface area contributed by atoms with E-state index < -0.39 is 5.97 Å². The molecule has 0 bridgehead atoms. The zero-order valence-electron chi connectivity index (χ0n) is 9.88. The van der Waals surface area contributed by atoms with Gasteiger partial charge in [0.25, 0.3) is 0 Å².